The van der Waals surface area contributed by atoms with Crippen LogP contribution >= 0.6 is 0 Å². The summed E-state index contributed by atoms with van der Waals surface area (Å²) < 4.78 is 5.19. The van der Waals surface area contributed by atoms with Crippen LogP contribution in [-0.2, 0) is 14.3 Å². The van der Waals surface area contributed by atoms with Crippen LogP contribution in [0, 0.1) is 5.92 Å². The molecule has 0 aromatic heterocycles. The smallest absolute Gasteiger partial charge is 0.306 e. The van der Waals surface area contributed by atoms with E-state index < -0.39 is 5.60 Å². The third-order valence-corrected chi connectivity index (χ3v) is 3.40. The van der Waals surface area contributed by atoms with Gasteiger partial charge in [-0.2, -0.15) is 0 Å². The van der Waals surface area contributed by atoms with Gasteiger partial charge in [-0.1, -0.05) is 12.8 Å². The van der Waals surface area contributed by atoms with Gasteiger partial charge >= 0.3 is 5.97 Å². The normalized spacial score (nSPS) is 16.4. The Bertz CT molecular complexity index is 314. The molecule has 0 spiro atoms. The fourth-order valence-corrected chi connectivity index (χ4v) is 2.47. The molecule has 1 fully saturated rings. The number of rotatable bonds is 5. The van der Waals surface area contributed by atoms with E-state index in [4.69, 9.17) is 4.74 Å². The van der Waals surface area contributed by atoms with Crippen LogP contribution in [0.1, 0.15) is 59.3 Å². The molecule has 0 aromatic carbocycles. The fraction of sp³-hybridized carbons (Fsp3) is 0.867. The first-order chi connectivity index (χ1) is 8.78. The van der Waals surface area contributed by atoms with E-state index in [1.54, 1.807) is 4.90 Å². The number of nitrogens with zero attached hydrogens (tertiary/aromatic N) is 1. The molecule has 1 rings (SSSR count). The summed E-state index contributed by atoms with van der Waals surface area (Å²) in [5.74, 6) is 0.392. The van der Waals surface area contributed by atoms with Crippen LogP contribution in [0.5, 0.6) is 0 Å². The highest BCUT2D eigenvalue weighted by Gasteiger charge is 2.21. The van der Waals surface area contributed by atoms with Crippen molar-refractivity contribution >= 4 is 11.9 Å². The molecule has 0 radical (unpaired) electrons. The van der Waals surface area contributed by atoms with Crippen molar-refractivity contribution in [3.05, 3.63) is 0 Å². The molecule has 1 aliphatic carbocycles. The minimum Gasteiger partial charge on any atom is -0.460 e. The number of hydrogen-bond donors (Lipinski definition) is 0. The zero-order valence-electron chi connectivity index (χ0n) is 12.7. The lowest BCUT2D eigenvalue weighted by Gasteiger charge is -2.22. The van der Waals surface area contributed by atoms with Crippen molar-refractivity contribution in [2.24, 2.45) is 5.92 Å². The first-order valence-electron chi connectivity index (χ1n) is 7.24. The standard InChI is InChI=1S/C15H27NO3/c1-15(2,3)19-14(18)10-9-13(17)16(4)11-12-7-5-6-8-12/h12H,5-11H2,1-4H3. The molecule has 0 saturated heterocycles. The van der Waals surface area contributed by atoms with Gasteiger partial charge in [0.15, 0.2) is 0 Å². The topological polar surface area (TPSA) is 46.6 Å². The fourth-order valence-electron chi connectivity index (χ4n) is 2.47. The number of carbonyl (C=O) groups excluding carboxylic acids is 2. The van der Waals surface area contributed by atoms with E-state index >= 15 is 0 Å². The lowest BCUT2D eigenvalue weighted by atomic mass is 10.1. The molecule has 1 aliphatic rings. The van der Waals surface area contributed by atoms with E-state index in [0.29, 0.717) is 5.92 Å². The van der Waals surface area contributed by atoms with Crippen LogP contribution in [-0.4, -0.2) is 36.0 Å². The minimum atomic E-state index is -0.476. The molecule has 0 atom stereocenters. The van der Waals surface area contributed by atoms with Crippen molar-refractivity contribution in [2.45, 2.75) is 64.9 Å². The summed E-state index contributed by atoms with van der Waals surface area (Å²) in [6.45, 7) is 6.32. The summed E-state index contributed by atoms with van der Waals surface area (Å²) in [5.41, 5.74) is -0.476. The summed E-state index contributed by atoms with van der Waals surface area (Å²) >= 11 is 0. The second-order valence-corrected chi connectivity index (χ2v) is 6.51. The van der Waals surface area contributed by atoms with Gasteiger partial charge in [0.25, 0.3) is 0 Å². The first kappa shape index (κ1) is 16.0. The van der Waals surface area contributed by atoms with Gasteiger partial charge in [-0.15, -0.1) is 0 Å². The monoisotopic (exact) mass is 269 g/mol. The largest absolute Gasteiger partial charge is 0.460 e. The zero-order valence-corrected chi connectivity index (χ0v) is 12.7. The van der Waals surface area contributed by atoms with Gasteiger partial charge in [0.2, 0.25) is 5.91 Å². The Morgan fingerprint density at radius 1 is 1.16 bits per heavy atom. The molecule has 0 aliphatic heterocycles. The SMILES string of the molecule is CN(CC1CCCC1)C(=O)CCC(=O)OC(C)(C)C. The highest BCUT2D eigenvalue weighted by molar-refractivity contribution is 5.81. The van der Waals surface area contributed by atoms with Crippen LogP contribution in [0.15, 0.2) is 0 Å². The molecule has 0 N–H and O–H groups in total. The second kappa shape index (κ2) is 6.92. The molecule has 1 saturated carbocycles. The third kappa shape index (κ3) is 6.60. The molecule has 19 heavy (non-hydrogen) atoms. The van der Waals surface area contributed by atoms with Gasteiger partial charge < -0.3 is 9.64 Å². The van der Waals surface area contributed by atoms with Crippen LogP contribution in [0.2, 0.25) is 0 Å². The summed E-state index contributed by atoms with van der Waals surface area (Å²) in [6, 6.07) is 0. The number of amides is 1. The predicted molar refractivity (Wildman–Crippen MR) is 74.7 cm³/mol. The van der Waals surface area contributed by atoms with Crippen molar-refractivity contribution in [1.29, 1.82) is 0 Å². The quantitative estimate of drug-likeness (QED) is 0.721. The molecular formula is C15H27NO3. The molecule has 4 heteroatoms. The minimum absolute atomic E-state index is 0.0396. The Balaban J connectivity index is 2.24. The molecule has 1 amide bonds. The van der Waals surface area contributed by atoms with E-state index in [1.807, 2.05) is 27.8 Å². The van der Waals surface area contributed by atoms with Gasteiger partial charge in [0.05, 0.1) is 6.42 Å². The third-order valence-electron chi connectivity index (χ3n) is 3.40. The number of hydrogen-bond acceptors (Lipinski definition) is 3. The summed E-state index contributed by atoms with van der Waals surface area (Å²) in [5, 5.41) is 0. The maximum absolute atomic E-state index is 11.9. The average Bonchev–Trinajstić information content (AvgIpc) is 2.76. The molecule has 0 bridgehead atoms. The molecule has 0 aromatic rings. The first-order valence-corrected chi connectivity index (χ1v) is 7.24. The van der Waals surface area contributed by atoms with Crippen molar-refractivity contribution in [3.63, 3.8) is 0 Å². The lowest BCUT2D eigenvalue weighted by Crippen LogP contribution is -2.32. The van der Waals surface area contributed by atoms with Gasteiger partial charge in [-0.05, 0) is 39.5 Å². The predicted octanol–water partition coefficient (Wildman–Crippen LogP) is 2.76. The molecule has 4 nitrogen and oxygen atoms in total. The molecule has 0 heterocycles. The maximum atomic E-state index is 11.9. The van der Waals surface area contributed by atoms with Gasteiger partial charge in [-0.3, -0.25) is 9.59 Å². The van der Waals surface area contributed by atoms with Crippen molar-refractivity contribution < 1.29 is 14.3 Å². The number of esters is 1. The highest BCUT2D eigenvalue weighted by atomic mass is 16.6. The summed E-state index contributed by atoms with van der Waals surface area (Å²) in [6.07, 6.45) is 5.44. The van der Waals surface area contributed by atoms with E-state index in [1.165, 1.54) is 25.7 Å². The van der Waals surface area contributed by atoms with Crippen molar-refractivity contribution in [1.82, 2.24) is 4.90 Å². The number of ether oxygens (including phenoxy) is 1. The van der Waals surface area contributed by atoms with E-state index in [9.17, 15) is 9.59 Å². The van der Waals surface area contributed by atoms with Crippen LogP contribution in [0.4, 0.5) is 0 Å². The Morgan fingerprint density at radius 2 is 1.74 bits per heavy atom. The van der Waals surface area contributed by atoms with Crippen LogP contribution < -0.4 is 0 Å². The Kier molecular flexibility index (Phi) is 5.83. The Hall–Kier alpha value is -1.06. The summed E-state index contributed by atoms with van der Waals surface area (Å²) in [7, 11) is 1.83. The second-order valence-electron chi connectivity index (χ2n) is 6.51. The highest BCUT2D eigenvalue weighted by Crippen LogP contribution is 2.25. The maximum Gasteiger partial charge on any atom is 0.306 e. The Morgan fingerprint density at radius 3 is 2.26 bits per heavy atom. The van der Waals surface area contributed by atoms with Crippen molar-refractivity contribution in [3.8, 4) is 0 Å². The zero-order chi connectivity index (χ0) is 14.5. The molecular weight excluding hydrogens is 242 g/mol. The average molecular weight is 269 g/mol. The van der Waals surface area contributed by atoms with Gasteiger partial charge in [0, 0.05) is 20.0 Å². The Labute approximate surface area is 116 Å². The van der Waals surface area contributed by atoms with E-state index in [0.717, 1.165) is 6.54 Å². The van der Waals surface area contributed by atoms with Gasteiger partial charge in [0.1, 0.15) is 5.60 Å². The van der Waals surface area contributed by atoms with E-state index in [2.05, 4.69) is 0 Å². The number of carbonyl (C=O) groups is 2. The van der Waals surface area contributed by atoms with Crippen LogP contribution in [0.25, 0.3) is 0 Å². The molecule has 110 valence electrons. The van der Waals surface area contributed by atoms with Crippen molar-refractivity contribution in [2.75, 3.05) is 13.6 Å². The lowest BCUT2D eigenvalue weighted by molar-refractivity contribution is -0.156. The molecule has 0 unspecified atom stereocenters. The van der Waals surface area contributed by atoms with Gasteiger partial charge in [-0.25, -0.2) is 0 Å². The summed E-state index contributed by atoms with van der Waals surface area (Å²) in [4.78, 5) is 25.2. The van der Waals surface area contributed by atoms with E-state index in [-0.39, 0.29) is 24.7 Å². The van der Waals surface area contributed by atoms with Crippen LogP contribution in [0.3, 0.4) is 0 Å².